The Balaban J connectivity index is 1.65. The summed E-state index contributed by atoms with van der Waals surface area (Å²) in [6.07, 6.45) is 4.23. The van der Waals surface area contributed by atoms with Crippen LogP contribution in [0.3, 0.4) is 0 Å². The van der Waals surface area contributed by atoms with E-state index >= 15 is 0 Å². The highest BCUT2D eigenvalue weighted by molar-refractivity contribution is 6.04. The molecule has 2 amide bonds. The molecule has 2 aromatic carbocycles. The Morgan fingerprint density at radius 3 is 2.48 bits per heavy atom. The molecule has 29 heavy (non-hydrogen) atoms. The van der Waals surface area contributed by atoms with Crippen molar-refractivity contribution in [1.82, 2.24) is 4.90 Å². The molecule has 2 aromatic rings. The van der Waals surface area contributed by atoms with Crippen LogP contribution in [0.1, 0.15) is 61.4 Å². The Kier molecular flexibility index (Phi) is 7.28. The molecular weight excluding hydrogens is 364 g/mol. The van der Waals surface area contributed by atoms with Gasteiger partial charge in [-0.25, -0.2) is 0 Å². The van der Waals surface area contributed by atoms with E-state index < -0.39 is 0 Å². The lowest BCUT2D eigenvalue weighted by atomic mass is 9.98. The molecule has 154 valence electrons. The van der Waals surface area contributed by atoms with Crippen LogP contribution < -0.4 is 10.1 Å². The van der Waals surface area contributed by atoms with Crippen molar-refractivity contribution in [3.63, 3.8) is 0 Å². The first kappa shape index (κ1) is 20.9. The Bertz CT molecular complexity index is 844. The minimum atomic E-state index is -0.275. The van der Waals surface area contributed by atoms with Crippen LogP contribution in [0.4, 0.5) is 5.69 Å². The molecule has 1 heterocycles. The third-order valence-corrected chi connectivity index (χ3v) is 5.50. The molecule has 0 bridgehead atoms. The molecule has 1 aliphatic heterocycles. The molecule has 1 fully saturated rings. The van der Waals surface area contributed by atoms with Gasteiger partial charge in [-0.05, 0) is 55.4 Å². The van der Waals surface area contributed by atoms with E-state index in [1.54, 1.807) is 12.1 Å². The van der Waals surface area contributed by atoms with Gasteiger partial charge in [-0.15, -0.1) is 0 Å². The van der Waals surface area contributed by atoms with Gasteiger partial charge in [0.25, 0.3) is 11.8 Å². The van der Waals surface area contributed by atoms with E-state index in [1.807, 2.05) is 41.3 Å². The predicted octanol–water partition coefficient (Wildman–Crippen LogP) is 4.84. The Labute approximate surface area is 173 Å². The van der Waals surface area contributed by atoms with Crippen molar-refractivity contribution in [3.8, 4) is 5.75 Å². The summed E-state index contributed by atoms with van der Waals surface area (Å²) in [5, 5.41) is 2.85. The Morgan fingerprint density at radius 2 is 1.72 bits per heavy atom. The number of nitrogens with zero attached hydrogens (tertiary/aromatic N) is 1. The molecule has 1 saturated heterocycles. The van der Waals surface area contributed by atoms with Crippen LogP contribution in [0, 0.1) is 0 Å². The fourth-order valence-corrected chi connectivity index (χ4v) is 3.61. The highest BCUT2D eigenvalue weighted by atomic mass is 16.5. The minimum absolute atomic E-state index is 0.0244. The summed E-state index contributed by atoms with van der Waals surface area (Å²) in [6, 6.07) is 15.0. The maximum atomic E-state index is 12.9. The first-order valence-corrected chi connectivity index (χ1v) is 10.5. The number of likely N-dealkylation sites (tertiary alicyclic amines) is 1. The number of carbonyl (C=O) groups excluding carboxylic acids is 2. The van der Waals surface area contributed by atoms with E-state index in [-0.39, 0.29) is 18.4 Å². The van der Waals surface area contributed by atoms with Gasteiger partial charge in [0.15, 0.2) is 6.61 Å². The lowest BCUT2D eigenvalue weighted by Crippen LogP contribution is -2.36. The molecule has 0 spiro atoms. The summed E-state index contributed by atoms with van der Waals surface area (Å²) in [5.41, 5.74) is 2.16. The molecule has 0 saturated carbocycles. The molecule has 5 heteroatoms. The summed E-state index contributed by atoms with van der Waals surface area (Å²) in [7, 11) is 0. The van der Waals surface area contributed by atoms with Crippen LogP contribution in [-0.2, 0) is 4.79 Å². The third kappa shape index (κ3) is 5.37. The van der Waals surface area contributed by atoms with Gasteiger partial charge in [-0.2, -0.15) is 0 Å². The molecule has 1 unspecified atom stereocenters. The summed E-state index contributed by atoms with van der Waals surface area (Å²) in [5.74, 6) is 0.790. The van der Waals surface area contributed by atoms with Crippen LogP contribution >= 0.6 is 0 Å². The topological polar surface area (TPSA) is 58.6 Å². The number of piperidine rings is 1. The molecule has 1 atom stereocenters. The van der Waals surface area contributed by atoms with Gasteiger partial charge in [0.2, 0.25) is 0 Å². The number of nitrogens with one attached hydrogen (secondary N) is 1. The standard InChI is InChI=1S/C24H30N2O3/c1-3-18(2)19-11-6-8-14-22(19)29-17-23(27)25-21-13-7-5-12-20(21)24(28)26-15-9-4-10-16-26/h5-8,11-14,18H,3-4,9-10,15-17H2,1-2H3,(H,25,27). The van der Waals surface area contributed by atoms with Gasteiger partial charge in [-0.1, -0.05) is 44.2 Å². The van der Waals surface area contributed by atoms with Crippen LogP contribution in [0.15, 0.2) is 48.5 Å². The summed E-state index contributed by atoms with van der Waals surface area (Å²) in [6.45, 7) is 5.72. The zero-order valence-corrected chi connectivity index (χ0v) is 17.3. The van der Waals surface area contributed by atoms with E-state index in [0.717, 1.165) is 50.1 Å². The van der Waals surface area contributed by atoms with Crippen LogP contribution in [0.2, 0.25) is 0 Å². The van der Waals surface area contributed by atoms with Crippen molar-refractivity contribution in [2.75, 3.05) is 25.0 Å². The maximum Gasteiger partial charge on any atom is 0.262 e. The van der Waals surface area contributed by atoms with Crippen LogP contribution in [0.25, 0.3) is 0 Å². The van der Waals surface area contributed by atoms with Gasteiger partial charge < -0.3 is 15.0 Å². The molecule has 0 aliphatic carbocycles. The lowest BCUT2D eigenvalue weighted by Gasteiger charge is -2.27. The second-order valence-corrected chi connectivity index (χ2v) is 7.58. The smallest absolute Gasteiger partial charge is 0.262 e. The monoisotopic (exact) mass is 394 g/mol. The number of ether oxygens (including phenoxy) is 1. The van der Waals surface area contributed by atoms with Gasteiger partial charge in [0.05, 0.1) is 11.3 Å². The summed E-state index contributed by atoms with van der Waals surface area (Å²) < 4.78 is 5.80. The van der Waals surface area contributed by atoms with E-state index in [9.17, 15) is 9.59 Å². The molecule has 3 rings (SSSR count). The maximum absolute atomic E-state index is 12.9. The number of para-hydroxylation sites is 2. The molecule has 0 aromatic heterocycles. The highest BCUT2D eigenvalue weighted by Gasteiger charge is 2.21. The van der Waals surface area contributed by atoms with Gasteiger partial charge in [0.1, 0.15) is 5.75 Å². The van der Waals surface area contributed by atoms with Crippen LogP contribution in [-0.4, -0.2) is 36.4 Å². The predicted molar refractivity (Wildman–Crippen MR) is 115 cm³/mol. The third-order valence-electron chi connectivity index (χ3n) is 5.50. The van der Waals surface area contributed by atoms with Gasteiger partial charge in [-0.3, -0.25) is 9.59 Å². The number of benzene rings is 2. The molecule has 1 aliphatic rings. The summed E-state index contributed by atoms with van der Waals surface area (Å²) in [4.78, 5) is 27.3. The molecule has 5 nitrogen and oxygen atoms in total. The second kappa shape index (κ2) is 10.1. The second-order valence-electron chi connectivity index (χ2n) is 7.58. The molecule has 1 N–H and O–H groups in total. The zero-order valence-electron chi connectivity index (χ0n) is 17.3. The first-order chi connectivity index (χ1) is 14.1. The lowest BCUT2D eigenvalue weighted by molar-refractivity contribution is -0.118. The van der Waals surface area contributed by atoms with Crippen LogP contribution in [0.5, 0.6) is 5.75 Å². The van der Waals surface area contributed by atoms with Gasteiger partial charge >= 0.3 is 0 Å². The normalized spacial score (nSPS) is 14.9. The van der Waals surface area contributed by atoms with Crippen molar-refractivity contribution in [3.05, 3.63) is 59.7 Å². The molecule has 0 radical (unpaired) electrons. The number of amides is 2. The molecular formula is C24H30N2O3. The average Bonchev–Trinajstić information content (AvgIpc) is 2.78. The summed E-state index contributed by atoms with van der Waals surface area (Å²) >= 11 is 0. The average molecular weight is 395 g/mol. The quantitative estimate of drug-likeness (QED) is 0.731. The minimum Gasteiger partial charge on any atom is -0.483 e. The van der Waals surface area contributed by atoms with E-state index in [1.165, 1.54) is 0 Å². The fraction of sp³-hybridized carbons (Fsp3) is 0.417. The number of hydrogen-bond acceptors (Lipinski definition) is 3. The van der Waals surface area contributed by atoms with E-state index in [4.69, 9.17) is 4.74 Å². The fourth-order valence-electron chi connectivity index (χ4n) is 3.61. The first-order valence-electron chi connectivity index (χ1n) is 10.5. The Hall–Kier alpha value is -2.82. The van der Waals surface area contributed by atoms with Gasteiger partial charge in [0, 0.05) is 13.1 Å². The van der Waals surface area contributed by atoms with Crippen molar-refractivity contribution < 1.29 is 14.3 Å². The zero-order chi connectivity index (χ0) is 20.6. The van der Waals surface area contributed by atoms with E-state index in [2.05, 4.69) is 19.2 Å². The largest absolute Gasteiger partial charge is 0.483 e. The number of hydrogen-bond donors (Lipinski definition) is 1. The number of carbonyl (C=O) groups is 2. The van der Waals surface area contributed by atoms with Crippen molar-refractivity contribution >= 4 is 17.5 Å². The SMILES string of the molecule is CCC(C)c1ccccc1OCC(=O)Nc1ccccc1C(=O)N1CCCCC1. The highest BCUT2D eigenvalue weighted by Crippen LogP contribution is 2.28. The van der Waals surface area contributed by atoms with Crippen molar-refractivity contribution in [1.29, 1.82) is 0 Å². The number of anilines is 1. The number of rotatable bonds is 7. The van der Waals surface area contributed by atoms with E-state index in [0.29, 0.717) is 17.2 Å². The Morgan fingerprint density at radius 1 is 1.03 bits per heavy atom. The van der Waals surface area contributed by atoms with Crippen molar-refractivity contribution in [2.24, 2.45) is 0 Å². The van der Waals surface area contributed by atoms with Crippen molar-refractivity contribution in [2.45, 2.75) is 45.4 Å².